The summed E-state index contributed by atoms with van der Waals surface area (Å²) in [5.41, 5.74) is 0. The predicted molar refractivity (Wildman–Crippen MR) is 94.9 cm³/mol. The molecule has 142 valence electrons. The Morgan fingerprint density at radius 3 is 2.33 bits per heavy atom. The Morgan fingerprint density at radius 1 is 1.04 bits per heavy atom. The van der Waals surface area contributed by atoms with E-state index in [1.165, 1.54) is 44.9 Å². The molecule has 4 atom stereocenters. The number of aliphatic hydroxyl groups is 3. The summed E-state index contributed by atoms with van der Waals surface area (Å²) in [5.74, 6) is 0. The first kappa shape index (κ1) is 21.6. The zero-order valence-corrected chi connectivity index (χ0v) is 15.1. The van der Waals surface area contributed by atoms with Gasteiger partial charge in [-0.15, -0.1) is 0 Å². The van der Waals surface area contributed by atoms with Crippen molar-refractivity contribution in [3.05, 3.63) is 12.2 Å². The first-order chi connectivity index (χ1) is 11.7. The zero-order valence-electron chi connectivity index (χ0n) is 15.1. The minimum Gasteiger partial charge on any atom is -0.394 e. The highest BCUT2D eigenvalue weighted by Crippen LogP contribution is 2.19. The van der Waals surface area contributed by atoms with Crippen LogP contribution >= 0.6 is 0 Å². The Hall–Kier alpha value is -0.460. The Kier molecular flexibility index (Phi) is 12.4. The lowest BCUT2D eigenvalue weighted by molar-refractivity contribution is -0.101. The normalized spacial score (nSPS) is 25.6. The number of unbranched alkanes of at least 4 members (excludes halogenated alkanes) is 7. The van der Waals surface area contributed by atoms with Gasteiger partial charge in [0, 0.05) is 6.61 Å². The average molecular weight is 344 g/mol. The highest BCUT2D eigenvalue weighted by Gasteiger charge is 2.40. The van der Waals surface area contributed by atoms with Crippen LogP contribution in [0.4, 0.5) is 0 Å². The molecule has 1 rings (SSSR count). The van der Waals surface area contributed by atoms with E-state index < -0.39 is 24.4 Å². The van der Waals surface area contributed by atoms with E-state index in [9.17, 15) is 15.3 Å². The van der Waals surface area contributed by atoms with E-state index in [0.29, 0.717) is 6.61 Å². The second kappa shape index (κ2) is 13.8. The van der Waals surface area contributed by atoms with Crippen LogP contribution in [0.1, 0.15) is 64.7 Å². The van der Waals surface area contributed by atoms with Crippen molar-refractivity contribution in [2.24, 2.45) is 0 Å². The van der Waals surface area contributed by atoms with E-state index >= 15 is 0 Å². The Labute approximate surface area is 146 Å². The van der Waals surface area contributed by atoms with Gasteiger partial charge in [0.05, 0.1) is 13.2 Å². The Balaban J connectivity index is 1.96. The third-order valence-electron chi connectivity index (χ3n) is 4.47. The summed E-state index contributed by atoms with van der Waals surface area (Å²) in [6.45, 7) is 2.65. The van der Waals surface area contributed by atoms with Gasteiger partial charge in [0.15, 0.2) is 0 Å². The van der Waals surface area contributed by atoms with E-state index in [-0.39, 0.29) is 13.2 Å². The summed E-state index contributed by atoms with van der Waals surface area (Å²) in [6, 6.07) is 0. The Morgan fingerprint density at radius 2 is 1.71 bits per heavy atom. The van der Waals surface area contributed by atoms with Crippen molar-refractivity contribution in [2.45, 2.75) is 89.1 Å². The molecule has 0 bridgehead atoms. The topological polar surface area (TPSA) is 79.2 Å². The van der Waals surface area contributed by atoms with Gasteiger partial charge in [0.1, 0.15) is 24.4 Å². The van der Waals surface area contributed by atoms with E-state index in [0.717, 1.165) is 12.8 Å². The first-order valence-electron chi connectivity index (χ1n) is 9.55. The smallest absolute Gasteiger partial charge is 0.114 e. The molecule has 0 aliphatic carbocycles. The van der Waals surface area contributed by atoms with E-state index in [4.69, 9.17) is 9.47 Å². The standard InChI is InChI=1S/C19H36O5/c1-2-3-4-5-6-7-8-9-10-11-12-13-23-17(14-20)19-18(22)16(21)15-24-19/h5-6,16-22H,2-4,7-15H2,1H3/b6-5+/t16-,17+,18+,19+/m1/s1. The summed E-state index contributed by atoms with van der Waals surface area (Å²) >= 11 is 0. The lowest BCUT2D eigenvalue weighted by Gasteiger charge is -2.24. The monoisotopic (exact) mass is 344 g/mol. The van der Waals surface area contributed by atoms with Crippen molar-refractivity contribution in [3.63, 3.8) is 0 Å². The van der Waals surface area contributed by atoms with Crippen LogP contribution in [0.5, 0.6) is 0 Å². The van der Waals surface area contributed by atoms with Gasteiger partial charge < -0.3 is 24.8 Å². The fraction of sp³-hybridized carbons (Fsp3) is 0.895. The lowest BCUT2D eigenvalue weighted by Crippen LogP contribution is -2.42. The van der Waals surface area contributed by atoms with Gasteiger partial charge in [-0.25, -0.2) is 0 Å². The molecule has 1 saturated heterocycles. The molecule has 0 unspecified atom stereocenters. The molecule has 0 aromatic carbocycles. The Bertz CT molecular complexity index is 321. The van der Waals surface area contributed by atoms with Crippen LogP contribution in [-0.2, 0) is 9.47 Å². The molecule has 0 amide bonds. The third-order valence-corrected chi connectivity index (χ3v) is 4.47. The summed E-state index contributed by atoms with van der Waals surface area (Å²) in [4.78, 5) is 0. The summed E-state index contributed by atoms with van der Waals surface area (Å²) in [5, 5.41) is 28.6. The molecule has 1 aliphatic rings. The zero-order chi connectivity index (χ0) is 17.6. The maximum absolute atomic E-state index is 9.78. The van der Waals surface area contributed by atoms with E-state index in [1.54, 1.807) is 0 Å². The number of allylic oxidation sites excluding steroid dienone is 2. The van der Waals surface area contributed by atoms with Crippen molar-refractivity contribution in [3.8, 4) is 0 Å². The van der Waals surface area contributed by atoms with Crippen molar-refractivity contribution in [2.75, 3.05) is 19.8 Å². The molecular formula is C19H36O5. The molecule has 1 fully saturated rings. The molecular weight excluding hydrogens is 308 g/mol. The molecule has 5 heteroatoms. The molecule has 1 heterocycles. The molecule has 0 radical (unpaired) electrons. The van der Waals surface area contributed by atoms with Crippen LogP contribution in [-0.4, -0.2) is 59.6 Å². The average Bonchev–Trinajstić information content (AvgIpc) is 2.92. The fourth-order valence-electron chi connectivity index (χ4n) is 2.89. The molecule has 5 nitrogen and oxygen atoms in total. The van der Waals surface area contributed by atoms with Gasteiger partial charge in [0.2, 0.25) is 0 Å². The van der Waals surface area contributed by atoms with E-state index in [2.05, 4.69) is 19.1 Å². The number of aliphatic hydroxyl groups excluding tert-OH is 3. The van der Waals surface area contributed by atoms with Crippen LogP contribution in [0.15, 0.2) is 12.2 Å². The molecule has 0 spiro atoms. The second-order valence-corrected chi connectivity index (χ2v) is 6.62. The molecule has 24 heavy (non-hydrogen) atoms. The molecule has 0 saturated carbocycles. The first-order valence-corrected chi connectivity index (χ1v) is 9.55. The van der Waals surface area contributed by atoms with Gasteiger partial charge in [-0.2, -0.15) is 0 Å². The van der Waals surface area contributed by atoms with Crippen LogP contribution in [0.25, 0.3) is 0 Å². The van der Waals surface area contributed by atoms with E-state index in [1.807, 2.05) is 0 Å². The van der Waals surface area contributed by atoms with Crippen molar-refractivity contribution < 1.29 is 24.8 Å². The van der Waals surface area contributed by atoms with Gasteiger partial charge >= 0.3 is 0 Å². The van der Waals surface area contributed by atoms with Crippen molar-refractivity contribution in [1.82, 2.24) is 0 Å². The number of ether oxygens (including phenoxy) is 2. The van der Waals surface area contributed by atoms with Crippen LogP contribution < -0.4 is 0 Å². The van der Waals surface area contributed by atoms with Crippen LogP contribution in [0.2, 0.25) is 0 Å². The van der Waals surface area contributed by atoms with Gasteiger partial charge in [-0.3, -0.25) is 0 Å². The fourth-order valence-corrected chi connectivity index (χ4v) is 2.89. The van der Waals surface area contributed by atoms with Crippen LogP contribution in [0.3, 0.4) is 0 Å². The van der Waals surface area contributed by atoms with Crippen molar-refractivity contribution >= 4 is 0 Å². The summed E-state index contributed by atoms with van der Waals surface area (Å²) in [6.07, 6.45) is 12.2. The molecule has 1 aliphatic heterocycles. The maximum atomic E-state index is 9.78. The summed E-state index contributed by atoms with van der Waals surface area (Å²) < 4.78 is 10.9. The molecule has 0 aromatic heterocycles. The molecule has 3 N–H and O–H groups in total. The van der Waals surface area contributed by atoms with Gasteiger partial charge in [-0.1, -0.05) is 51.2 Å². The predicted octanol–water partition coefficient (Wildman–Crippen LogP) is 2.57. The largest absolute Gasteiger partial charge is 0.394 e. The SMILES string of the molecule is CCCC/C=C/CCCCCCCO[C@@H](CO)[C@@H]1OC[C@@H](O)[C@@H]1O. The number of hydrogen-bond acceptors (Lipinski definition) is 5. The minimum atomic E-state index is -0.979. The second-order valence-electron chi connectivity index (χ2n) is 6.62. The molecule has 0 aromatic rings. The quantitative estimate of drug-likeness (QED) is 0.333. The third kappa shape index (κ3) is 8.58. The van der Waals surface area contributed by atoms with Crippen molar-refractivity contribution in [1.29, 1.82) is 0 Å². The summed E-state index contributed by atoms with van der Waals surface area (Å²) in [7, 11) is 0. The number of hydrogen-bond donors (Lipinski definition) is 3. The van der Waals surface area contributed by atoms with Gasteiger partial charge in [-0.05, 0) is 25.7 Å². The van der Waals surface area contributed by atoms with Crippen LogP contribution in [0, 0.1) is 0 Å². The van der Waals surface area contributed by atoms with Gasteiger partial charge in [0.25, 0.3) is 0 Å². The lowest BCUT2D eigenvalue weighted by atomic mass is 10.1. The maximum Gasteiger partial charge on any atom is 0.114 e. The highest BCUT2D eigenvalue weighted by atomic mass is 16.6. The highest BCUT2D eigenvalue weighted by molar-refractivity contribution is 4.88. The number of rotatable bonds is 14. The minimum absolute atomic E-state index is 0.0958.